The zero-order valence-electron chi connectivity index (χ0n) is 10.5. The van der Waals surface area contributed by atoms with Crippen molar-refractivity contribution in [1.29, 1.82) is 0 Å². The summed E-state index contributed by atoms with van der Waals surface area (Å²) in [6.07, 6.45) is 0.870. The van der Waals surface area contributed by atoms with Gasteiger partial charge in [-0.05, 0) is 13.5 Å². The summed E-state index contributed by atoms with van der Waals surface area (Å²) in [4.78, 5) is 15.8. The van der Waals surface area contributed by atoms with E-state index < -0.39 is 0 Å². The Morgan fingerprint density at radius 2 is 2.31 bits per heavy atom. The van der Waals surface area contributed by atoms with Crippen LogP contribution in [0.4, 0.5) is 0 Å². The first-order valence-corrected chi connectivity index (χ1v) is 5.88. The van der Waals surface area contributed by atoms with Gasteiger partial charge in [0.15, 0.2) is 0 Å². The van der Waals surface area contributed by atoms with Crippen molar-refractivity contribution in [3.05, 3.63) is 0 Å². The molecule has 1 aliphatic rings. The van der Waals surface area contributed by atoms with Crippen molar-refractivity contribution in [3.63, 3.8) is 0 Å². The lowest BCUT2D eigenvalue weighted by molar-refractivity contribution is -0.129. The van der Waals surface area contributed by atoms with Crippen LogP contribution < -0.4 is 5.32 Å². The normalized spacial score (nSPS) is 21.1. The largest absolute Gasteiger partial charge is 0.383 e. The molecule has 5 nitrogen and oxygen atoms in total. The van der Waals surface area contributed by atoms with E-state index in [1.165, 1.54) is 0 Å². The van der Waals surface area contributed by atoms with Crippen molar-refractivity contribution < 1.29 is 9.53 Å². The lowest BCUT2D eigenvalue weighted by atomic mass is 10.2. The first-order chi connectivity index (χ1) is 7.69. The molecule has 1 heterocycles. The number of methoxy groups -OCH3 is 1. The van der Waals surface area contributed by atoms with Gasteiger partial charge < -0.3 is 14.5 Å². The fourth-order valence-electron chi connectivity index (χ4n) is 1.76. The zero-order valence-corrected chi connectivity index (χ0v) is 10.5. The Hall–Kier alpha value is -0.650. The number of nitrogens with zero attached hydrogens (tertiary/aromatic N) is 2. The number of amides is 1. The molecule has 1 fully saturated rings. The third-order valence-electron chi connectivity index (χ3n) is 2.98. The number of hydrogen-bond acceptors (Lipinski definition) is 4. The van der Waals surface area contributed by atoms with Crippen molar-refractivity contribution >= 4 is 5.91 Å². The van der Waals surface area contributed by atoms with E-state index in [-0.39, 0.29) is 11.9 Å². The maximum Gasteiger partial charge on any atom is 0.240 e. The molecule has 0 aromatic heterocycles. The third-order valence-corrected chi connectivity index (χ3v) is 2.98. The summed E-state index contributed by atoms with van der Waals surface area (Å²) in [7, 11) is 3.75. The minimum Gasteiger partial charge on any atom is -0.383 e. The van der Waals surface area contributed by atoms with Gasteiger partial charge >= 0.3 is 0 Å². The van der Waals surface area contributed by atoms with Crippen LogP contribution in [0.25, 0.3) is 0 Å². The van der Waals surface area contributed by atoms with Crippen LogP contribution in [0, 0.1) is 0 Å². The maximum atomic E-state index is 11.8. The molecule has 1 unspecified atom stereocenters. The van der Waals surface area contributed by atoms with E-state index in [0.29, 0.717) is 6.67 Å². The quantitative estimate of drug-likeness (QED) is 0.653. The van der Waals surface area contributed by atoms with Crippen LogP contribution in [-0.4, -0.2) is 68.8 Å². The van der Waals surface area contributed by atoms with Crippen LogP contribution in [0.5, 0.6) is 0 Å². The predicted octanol–water partition coefficient (Wildman–Crippen LogP) is -0.267. The summed E-state index contributed by atoms with van der Waals surface area (Å²) in [5, 5.41) is 3.21. The number of nitrogens with one attached hydrogen (secondary N) is 1. The highest BCUT2D eigenvalue weighted by Crippen LogP contribution is 2.05. The monoisotopic (exact) mass is 229 g/mol. The summed E-state index contributed by atoms with van der Waals surface area (Å²) in [5.74, 6) is 0.239. The first kappa shape index (κ1) is 13.4. The van der Waals surface area contributed by atoms with Crippen molar-refractivity contribution in [3.8, 4) is 0 Å². The molecule has 0 aromatic carbocycles. The van der Waals surface area contributed by atoms with Crippen LogP contribution in [-0.2, 0) is 9.53 Å². The zero-order chi connectivity index (χ0) is 12.0. The summed E-state index contributed by atoms with van der Waals surface area (Å²) >= 11 is 0. The highest BCUT2D eigenvalue weighted by molar-refractivity contribution is 5.83. The second kappa shape index (κ2) is 6.83. The molecule has 1 amide bonds. The van der Waals surface area contributed by atoms with E-state index in [9.17, 15) is 4.79 Å². The number of rotatable bonds is 7. The van der Waals surface area contributed by atoms with Gasteiger partial charge in [0.2, 0.25) is 5.91 Å². The van der Waals surface area contributed by atoms with E-state index in [1.807, 2.05) is 18.9 Å². The molecule has 0 aromatic rings. The van der Waals surface area contributed by atoms with Gasteiger partial charge in [-0.2, -0.15) is 0 Å². The predicted molar refractivity (Wildman–Crippen MR) is 63.2 cm³/mol. The molecule has 1 N–H and O–H groups in total. The van der Waals surface area contributed by atoms with Gasteiger partial charge in [0.05, 0.1) is 19.3 Å². The van der Waals surface area contributed by atoms with Crippen LogP contribution >= 0.6 is 0 Å². The van der Waals surface area contributed by atoms with Crippen LogP contribution in [0.15, 0.2) is 0 Å². The van der Waals surface area contributed by atoms with Crippen LogP contribution in [0.3, 0.4) is 0 Å². The highest BCUT2D eigenvalue weighted by atomic mass is 16.5. The Morgan fingerprint density at radius 1 is 1.56 bits per heavy atom. The standard InChI is InChI=1S/C11H23N3O2/c1-4-10-11(15)14(9-12-10)6-5-13(2)7-8-16-3/h10,12H,4-9H2,1-3H3. The molecule has 1 saturated heterocycles. The Labute approximate surface area is 97.7 Å². The van der Waals surface area contributed by atoms with Gasteiger partial charge in [-0.15, -0.1) is 0 Å². The lowest BCUT2D eigenvalue weighted by Gasteiger charge is -2.21. The molecule has 1 aliphatic heterocycles. The molecule has 16 heavy (non-hydrogen) atoms. The number of carbonyl (C=O) groups is 1. The van der Waals surface area contributed by atoms with Gasteiger partial charge in [-0.3, -0.25) is 10.1 Å². The second-order valence-electron chi connectivity index (χ2n) is 4.22. The summed E-state index contributed by atoms with van der Waals surface area (Å²) in [5.41, 5.74) is 0. The topological polar surface area (TPSA) is 44.8 Å². The average Bonchev–Trinajstić information content (AvgIpc) is 2.64. The van der Waals surface area contributed by atoms with E-state index in [1.54, 1.807) is 7.11 Å². The third kappa shape index (κ3) is 3.73. The van der Waals surface area contributed by atoms with Crippen LogP contribution in [0.1, 0.15) is 13.3 Å². The Morgan fingerprint density at radius 3 is 2.88 bits per heavy atom. The molecule has 0 spiro atoms. The van der Waals surface area contributed by atoms with Crippen LogP contribution in [0.2, 0.25) is 0 Å². The molecule has 0 bridgehead atoms. The number of carbonyl (C=O) groups excluding carboxylic acids is 1. The van der Waals surface area contributed by atoms with Crippen molar-refractivity contribution in [2.75, 3.05) is 47.1 Å². The molecule has 0 radical (unpaired) electrons. The van der Waals surface area contributed by atoms with Gasteiger partial charge in [0.1, 0.15) is 0 Å². The molecule has 1 rings (SSSR count). The Balaban J connectivity index is 2.20. The van der Waals surface area contributed by atoms with E-state index in [0.717, 1.165) is 32.7 Å². The summed E-state index contributed by atoms with van der Waals surface area (Å²) in [6, 6.07) is 0.0317. The molecular formula is C11H23N3O2. The molecule has 94 valence electrons. The maximum absolute atomic E-state index is 11.8. The number of ether oxygens (including phenoxy) is 1. The lowest BCUT2D eigenvalue weighted by Crippen LogP contribution is -2.37. The molecule has 0 saturated carbocycles. The van der Waals surface area contributed by atoms with Gasteiger partial charge in [0, 0.05) is 26.7 Å². The minimum atomic E-state index is 0.0317. The SMILES string of the molecule is CCC1NCN(CCN(C)CCOC)C1=O. The summed E-state index contributed by atoms with van der Waals surface area (Å²) < 4.78 is 5.01. The fraction of sp³-hybridized carbons (Fsp3) is 0.909. The van der Waals surface area contributed by atoms with Crippen molar-refractivity contribution in [2.45, 2.75) is 19.4 Å². The first-order valence-electron chi connectivity index (χ1n) is 5.88. The fourth-order valence-corrected chi connectivity index (χ4v) is 1.76. The Kier molecular flexibility index (Phi) is 5.73. The van der Waals surface area contributed by atoms with Gasteiger partial charge in [-0.25, -0.2) is 0 Å². The minimum absolute atomic E-state index is 0.0317. The second-order valence-corrected chi connectivity index (χ2v) is 4.22. The van der Waals surface area contributed by atoms with E-state index in [4.69, 9.17) is 4.74 Å². The van der Waals surface area contributed by atoms with Crippen molar-refractivity contribution in [2.24, 2.45) is 0 Å². The highest BCUT2D eigenvalue weighted by Gasteiger charge is 2.28. The Bertz CT molecular complexity index is 223. The van der Waals surface area contributed by atoms with Gasteiger partial charge in [-0.1, -0.05) is 6.92 Å². The molecule has 5 heteroatoms. The molecular weight excluding hydrogens is 206 g/mol. The summed E-state index contributed by atoms with van der Waals surface area (Å²) in [6.45, 7) is 6.05. The smallest absolute Gasteiger partial charge is 0.240 e. The molecule has 0 aliphatic carbocycles. The number of hydrogen-bond donors (Lipinski definition) is 1. The van der Waals surface area contributed by atoms with E-state index >= 15 is 0 Å². The molecule has 1 atom stereocenters. The average molecular weight is 229 g/mol. The van der Waals surface area contributed by atoms with Crippen molar-refractivity contribution in [1.82, 2.24) is 15.1 Å². The number of likely N-dealkylation sites (N-methyl/N-ethyl adjacent to an activating group) is 1. The van der Waals surface area contributed by atoms with E-state index in [2.05, 4.69) is 10.2 Å². The van der Waals surface area contributed by atoms with Gasteiger partial charge in [0.25, 0.3) is 0 Å².